The molecule has 2 heterocycles. The van der Waals surface area contributed by atoms with Crippen LogP contribution in [-0.2, 0) is 33.9 Å². The molecule has 0 saturated carbocycles. The van der Waals surface area contributed by atoms with Gasteiger partial charge in [-0.05, 0) is 48.8 Å². The Morgan fingerprint density at radius 2 is 1.88 bits per heavy atom. The van der Waals surface area contributed by atoms with Crippen LogP contribution in [0, 0.1) is 0 Å². The lowest BCUT2D eigenvalue weighted by molar-refractivity contribution is -0.148. The minimum absolute atomic E-state index is 0.0832. The molecule has 2 aromatic heterocycles. The summed E-state index contributed by atoms with van der Waals surface area (Å²) in [5.41, 5.74) is 4.48. The number of hydrogen-bond acceptors (Lipinski definition) is 9. The molecule has 0 aliphatic rings. The lowest BCUT2D eigenvalue weighted by Crippen LogP contribution is -2.42. The predicted octanol–water partition coefficient (Wildman–Crippen LogP) is 4.16. The summed E-state index contributed by atoms with van der Waals surface area (Å²) in [4.78, 5) is 30.6. The highest BCUT2D eigenvalue weighted by atomic mass is 35.5. The van der Waals surface area contributed by atoms with Gasteiger partial charge in [-0.1, -0.05) is 73.5 Å². The Bertz CT molecular complexity index is 1490. The van der Waals surface area contributed by atoms with Crippen LogP contribution < -0.4 is 5.32 Å². The zero-order chi connectivity index (χ0) is 30.8. The van der Waals surface area contributed by atoms with Gasteiger partial charge in [0.15, 0.2) is 5.15 Å². The number of carbonyl (C=O) groups is 2. The molecule has 12 nitrogen and oxygen atoms in total. The topological polar surface area (TPSA) is 151 Å². The predicted molar refractivity (Wildman–Crippen MR) is 162 cm³/mol. The van der Waals surface area contributed by atoms with E-state index in [1.165, 1.54) is 0 Å². The fourth-order valence-corrected chi connectivity index (χ4v) is 4.89. The van der Waals surface area contributed by atoms with Crippen molar-refractivity contribution in [3.05, 3.63) is 70.8 Å². The first-order valence-electron chi connectivity index (χ1n) is 14.2. The molecule has 0 aliphatic heterocycles. The summed E-state index contributed by atoms with van der Waals surface area (Å²) in [7, 11) is 3.70. The number of benzene rings is 2. The third kappa shape index (κ3) is 8.69. The molecule has 0 amide bonds. The van der Waals surface area contributed by atoms with E-state index in [4.69, 9.17) is 21.4 Å². The SMILES string of the molecule is CCCCc1nc(Cl)c(COC(=O)[C@@H](CCC(=O)O)NCN(C)C)n1Cc1ccc(-c2ccccc2-c2nn[nH]n2)cc1. The summed E-state index contributed by atoms with van der Waals surface area (Å²) in [6.45, 7) is 2.91. The van der Waals surface area contributed by atoms with Gasteiger partial charge >= 0.3 is 11.9 Å². The van der Waals surface area contributed by atoms with E-state index < -0.39 is 18.0 Å². The van der Waals surface area contributed by atoms with Gasteiger partial charge in [-0.15, -0.1) is 10.2 Å². The van der Waals surface area contributed by atoms with Gasteiger partial charge in [-0.3, -0.25) is 19.8 Å². The number of ether oxygens (including phenoxy) is 1. The normalized spacial score (nSPS) is 12.0. The summed E-state index contributed by atoms with van der Waals surface area (Å²) in [5.74, 6) is -0.172. The molecule has 3 N–H and O–H groups in total. The monoisotopic (exact) mass is 608 g/mol. The Balaban J connectivity index is 1.54. The highest BCUT2D eigenvalue weighted by Crippen LogP contribution is 2.30. The number of tetrazole rings is 1. The minimum Gasteiger partial charge on any atom is -0.481 e. The van der Waals surface area contributed by atoms with Crippen LogP contribution in [0.3, 0.4) is 0 Å². The molecule has 0 fully saturated rings. The largest absolute Gasteiger partial charge is 0.481 e. The fraction of sp³-hybridized carbons (Fsp3) is 0.400. The summed E-state index contributed by atoms with van der Waals surface area (Å²) in [6.07, 6.45) is 2.61. The number of nitrogens with zero attached hydrogens (tertiary/aromatic N) is 6. The quantitative estimate of drug-likeness (QED) is 0.125. The molecular formula is C30H37ClN8O4. The van der Waals surface area contributed by atoms with Crippen molar-refractivity contribution in [1.29, 1.82) is 0 Å². The van der Waals surface area contributed by atoms with Crippen molar-refractivity contribution in [3.63, 3.8) is 0 Å². The zero-order valence-electron chi connectivity index (χ0n) is 24.6. The number of imidazole rings is 1. The molecule has 0 aliphatic carbocycles. The highest BCUT2D eigenvalue weighted by molar-refractivity contribution is 6.30. The van der Waals surface area contributed by atoms with Gasteiger partial charge < -0.3 is 14.4 Å². The number of halogens is 1. The van der Waals surface area contributed by atoms with E-state index >= 15 is 0 Å². The summed E-state index contributed by atoms with van der Waals surface area (Å²) in [5, 5.41) is 26.9. The van der Waals surface area contributed by atoms with Crippen LogP contribution in [0.15, 0.2) is 48.5 Å². The molecular weight excluding hydrogens is 572 g/mol. The van der Waals surface area contributed by atoms with Crippen LogP contribution in [0.4, 0.5) is 0 Å². The smallest absolute Gasteiger partial charge is 0.323 e. The molecule has 0 spiro atoms. The van der Waals surface area contributed by atoms with Gasteiger partial charge in [0, 0.05) is 31.6 Å². The van der Waals surface area contributed by atoms with Crippen molar-refractivity contribution < 1.29 is 19.4 Å². The van der Waals surface area contributed by atoms with Gasteiger partial charge in [-0.25, -0.2) is 4.98 Å². The summed E-state index contributed by atoms with van der Waals surface area (Å²) >= 11 is 6.59. The van der Waals surface area contributed by atoms with Gasteiger partial charge in [-0.2, -0.15) is 5.21 Å². The number of hydrogen-bond donors (Lipinski definition) is 3. The number of carboxylic acid groups (broad SMARTS) is 1. The second kappa shape index (κ2) is 15.4. The Labute approximate surface area is 255 Å². The lowest BCUT2D eigenvalue weighted by atomic mass is 9.98. The average Bonchev–Trinajstić information content (AvgIpc) is 3.63. The molecule has 4 rings (SSSR count). The summed E-state index contributed by atoms with van der Waals surface area (Å²) in [6, 6.07) is 15.3. The van der Waals surface area contributed by atoms with Gasteiger partial charge in [0.2, 0.25) is 5.82 Å². The molecule has 228 valence electrons. The third-order valence-corrected chi connectivity index (χ3v) is 7.21. The molecule has 4 aromatic rings. The first-order chi connectivity index (χ1) is 20.8. The number of carboxylic acids is 1. The van der Waals surface area contributed by atoms with Crippen molar-refractivity contribution >= 4 is 23.5 Å². The minimum atomic E-state index is -0.976. The number of carbonyl (C=O) groups excluding carboxylic acids is 1. The van der Waals surface area contributed by atoms with Crippen LogP contribution in [0.2, 0.25) is 5.15 Å². The van der Waals surface area contributed by atoms with E-state index in [-0.39, 0.29) is 24.6 Å². The van der Waals surface area contributed by atoms with E-state index in [2.05, 4.69) is 37.8 Å². The fourth-order valence-electron chi connectivity index (χ4n) is 4.64. The number of unbranched alkanes of at least 4 members (excludes halogenated alkanes) is 1. The number of aryl methyl sites for hydroxylation is 1. The van der Waals surface area contributed by atoms with Crippen LogP contribution in [0.1, 0.15) is 49.7 Å². The molecule has 1 atom stereocenters. The molecule has 0 unspecified atom stereocenters. The van der Waals surface area contributed by atoms with Crippen molar-refractivity contribution in [2.24, 2.45) is 0 Å². The van der Waals surface area contributed by atoms with Crippen LogP contribution in [0.25, 0.3) is 22.5 Å². The van der Waals surface area contributed by atoms with Crippen molar-refractivity contribution in [2.45, 2.75) is 58.2 Å². The van der Waals surface area contributed by atoms with E-state index in [0.29, 0.717) is 24.7 Å². The van der Waals surface area contributed by atoms with Crippen molar-refractivity contribution in [2.75, 3.05) is 20.8 Å². The number of esters is 1. The number of aliphatic carboxylic acids is 1. The maximum Gasteiger partial charge on any atom is 0.323 e. The number of H-pyrrole nitrogens is 1. The third-order valence-electron chi connectivity index (χ3n) is 6.91. The Hall–Kier alpha value is -4.13. The second-order valence-corrected chi connectivity index (χ2v) is 10.8. The van der Waals surface area contributed by atoms with Crippen molar-refractivity contribution in [1.82, 2.24) is 40.4 Å². The zero-order valence-corrected chi connectivity index (χ0v) is 25.3. The van der Waals surface area contributed by atoms with Crippen LogP contribution in [0.5, 0.6) is 0 Å². The molecule has 2 aromatic carbocycles. The van der Waals surface area contributed by atoms with Gasteiger partial charge in [0.05, 0.1) is 5.69 Å². The molecule has 0 bridgehead atoms. The Kier molecular flexibility index (Phi) is 11.4. The van der Waals surface area contributed by atoms with Crippen LogP contribution >= 0.6 is 11.6 Å². The number of rotatable bonds is 16. The standard InChI is InChI=1S/C30H37ClN8O4/c1-4-5-10-26-33-28(31)25(18-43-30(42)24(15-16-27(40)41)32-19-38(2)3)39(26)17-20-11-13-21(14-12-20)22-8-6-7-9-23(22)29-34-36-37-35-29/h6-9,11-14,24,32H,4-5,10,15-19H2,1-3H3,(H,40,41)(H,34,35,36,37)/t24-/m1/s1. The first kappa shape index (κ1) is 31.8. The number of aromatic nitrogens is 6. The maximum absolute atomic E-state index is 13.0. The average molecular weight is 609 g/mol. The number of aromatic amines is 1. The van der Waals surface area contributed by atoms with E-state index in [1.54, 1.807) is 0 Å². The van der Waals surface area contributed by atoms with E-state index in [1.807, 2.05) is 72.1 Å². The maximum atomic E-state index is 13.0. The molecule has 0 saturated heterocycles. The molecule has 13 heteroatoms. The van der Waals surface area contributed by atoms with E-state index in [0.717, 1.165) is 47.3 Å². The van der Waals surface area contributed by atoms with E-state index in [9.17, 15) is 9.59 Å². The van der Waals surface area contributed by atoms with Gasteiger partial charge in [0.25, 0.3) is 0 Å². The highest BCUT2D eigenvalue weighted by Gasteiger charge is 2.23. The second-order valence-electron chi connectivity index (χ2n) is 10.5. The van der Waals surface area contributed by atoms with Crippen LogP contribution in [-0.4, -0.2) is 78.9 Å². The number of nitrogens with one attached hydrogen (secondary N) is 2. The van der Waals surface area contributed by atoms with Crippen molar-refractivity contribution in [3.8, 4) is 22.5 Å². The first-order valence-corrected chi connectivity index (χ1v) is 14.6. The Morgan fingerprint density at radius 3 is 2.53 bits per heavy atom. The lowest BCUT2D eigenvalue weighted by Gasteiger charge is -2.20. The molecule has 0 radical (unpaired) electrons. The van der Waals surface area contributed by atoms with Gasteiger partial charge in [0.1, 0.15) is 18.5 Å². The Morgan fingerprint density at radius 1 is 1.14 bits per heavy atom. The summed E-state index contributed by atoms with van der Waals surface area (Å²) < 4.78 is 7.69. The molecule has 43 heavy (non-hydrogen) atoms.